The summed E-state index contributed by atoms with van der Waals surface area (Å²) in [5.41, 5.74) is 2.05. The van der Waals surface area contributed by atoms with Crippen molar-refractivity contribution < 1.29 is 4.79 Å². The van der Waals surface area contributed by atoms with Crippen molar-refractivity contribution in [1.29, 1.82) is 0 Å². The van der Waals surface area contributed by atoms with Crippen molar-refractivity contribution >= 4 is 32.6 Å². The van der Waals surface area contributed by atoms with Gasteiger partial charge in [0.1, 0.15) is 6.54 Å². The minimum absolute atomic E-state index is 0.0373. The predicted molar refractivity (Wildman–Crippen MR) is 111 cm³/mol. The Morgan fingerprint density at radius 3 is 2.89 bits per heavy atom. The minimum atomic E-state index is -0.366. The zero-order valence-electron chi connectivity index (χ0n) is 16.0. The number of carbonyl (C=O) groups is 1. The highest BCUT2D eigenvalue weighted by molar-refractivity contribution is 7.22. The maximum Gasteiger partial charge on any atom is 0.348 e. The Morgan fingerprint density at radius 1 is 1.29 bits per heavy atom. The van der Waals surface area contributed by atoms with Crippen LogP contribution < -0.4 is 11.0 Å². The Bertz CT molecular complexity index is 1040. The van der Waals surface area contributed by atoms with Crippen molar-refractivity contribution in [2.45, 2.75) is 39.3 Å². The molecule has 2 aromatic heterocycles. The zero-order chi connectivity index (χ0) is 19.7. The molecule has 3 aromatic rings. The molecule has 0 radical (unpaired) electrons. The molecule has 0 unspecified atom stereocenters. The maximum atomic E-state index is 12.9. The smallest absolute Gasteiger partial charge is 0.348 e. The Morgan fingerprint density at radius 2 is 2.11 bits per heavy atom. The maximum absolute atomic E-state index is 12.9. The van der Waals surface area contributed by atoms with Crippen LogP contribution in [0.4, 0.5) is 5.13 Å². The summed E-state index contributed by atoms with van der Waals surface area (Å²) >= 11 is 1.62. The van der Waals surface area contributed by atoms with Crippen LogP contribution >= 0.6 is 11.3 Å². The van der Waals surface area contributed by atoms with Crippen LogP contribution in [0.5, 0.6) is 0 Å². The van der Waals surface area contributed by atoms with Gasteiger partial charge in [-0.2, -0.15) is 4.98 Å². The SMILES string of the molecule is Cc1cc(C)n(CC(=O)N2CCC[C@@H]2CNc2nc3ccccc3s2)c(=O)n1. The van der Waals surface area contributed by atoms with Gasteiger partial charge < -0.3 is 10.2 Å². The Balaban J connectivity index is 1.43. The molecule has 7 nitrogen and oxygen atoms in total. The lowest BCUT2D eigenvalue weighted by Gasteiger charge is -2.25. The summed E-state index contributed by atoms with van der Waals surface area (Å²) in [4.78, 5) is 35.4. The Labute approximate surface area is 167 Å². The van der Waals surface area contributed by atoms with E-state index in [-0.39, 0.29) is 24.2 Å². The monoisotopic (exact) mass is 397 g/mol. The molecule has 1 aliphatic heterocycles. The van der Waals surface area contributed by atoms with E-state index in [1.807, 2.05) is 36.1 Å². The lowest BCUT2D eigenvalue weighted by Crippen LogP contribution is -2.43. The first-order valence-corrected chi connectivity index (χ1v) is 10.3. The van der Waals surface area contributed by atoms with Crippen LogP contribution in [0.3, 0.4) is 0 Å². The number of nitrogens with one attached hydrogen (secondary N) is 1. The summed E-state index contributed by atoms with van der Waals surface area (Å²) in [6, 6.07) is 9.97. The Hall–Kier alpha value is -2.74. The molecule has 8 heteroatoms. The number of hydrogen-bond acceptors (Lipinski definition) is 6. The number of benzene rings is 1. The highest BCUT2D eigenvalue weighted by atomic mass is 32.1. The van der Waals surface area contributed by atoms with Crippen LogP contribution in [0.25, 0.3) is 10.2 Å². The van der Waals surface area contributed by atoms with E-state index in [9.17, 15) is 9.59 Å². The largest absolute Gasteiger partial charge is 0.359 e. The lowest BCUT2D eigenvalue weighted by molar-refractivity contribution is -0.132. The fourth-order valence-corrected chi connectivity index (χ4v) is 4.59. The number of nitrogens with zero attached hydrogens (tertiary/aromatic N) is 4. The van der Waals surface area contributed by atoms with Crippen molar-refractivity contribution in [3.63, 3.8) is 0 Å². The third-order valence-corrected chi connectivity index (χ3v) is 6.11. The van der Waals surface area contributed by atoms with E-state index in [2.05, 4.69) is 21.4 Å². The van der Waals surface area contributed by atoms with Gasteiger partial charge in [-0.05, 0) is 44.9 Å². The van der Waals surface area contributed by atoms with E-state index >= 15 is 0 Å². The number of carbonyl (C=O) groups excluding carboxylic acids is 1. The first-order valence-electron chi connectivity index (χ1n) is 9.45. The third kappa shape index (κ3) is 3.77. The molecule has 1 atom stereocenters. The number of anilines is 1. The summed E-state index contributed by atoms with van der Waals surface area (Å²) in [7, 11) is 0. The summed E-state index contributed by atoms with van der Waals surface area (Å²) < 4.78 is 2.59. The molecule has 4 rings (SSSR count). The number of aromatic nitrogens is 3. The van der Waals surface area contributed by atoms with E-state index in [1.165, 1.54) is 4.57 Å². The molecule has 1 aliphatic rings. The highest BCUT2D eigenvalue weighted by Gasteiger charge is 2.29. The van der Waals surface area contributed by atoms with E-state index in [0.717, 1.165) is 40.4 Å². The quantitative estimate of drug-likeness (QED) is 0.716. The molecule has 3 heterocycles. The summed E-state index contributed by atoms with van der Waals surface area (Å²) in [6.07, 6.45) is 1.92. The van der Waals surface area contributed by atoms with Crippen molar-refractivity contribution in [2.24, 2.45) is 0 Å². The number of hydrogen-bond donors (Lipinski definition) is 1. The average Bonchev–Trinajstić information content (AvgIpc) is 3.28. The highest BCUT2D eigenvalue weighted by Crippen LogP contribution is 2.26. The number of fused-ring (bicyclic) bond motifs is 1. The molecule has 0 bridgehead atoms. The van der Waals surface area contributed by atoms with Gasteiger partial charge in [-0.1, -0.05) is 23.5 Å². The van der Waals surface area contributed by atoms with Gasteiger partial charge in [0.2, 0.25) is 5.91 Å². The van der Waals surface area contributed by atoms with Crippen LogP contribution in [0.1, 0.15) is 24.2 Å². The number of aryl methyl sites for hydroxylation is 2. The fraction of sp³-hybridized carbons (Fsp3) is 0.400. The molecule has 28 heavy (non-hydrogen) atoms. The first-order chi connectivity index (χ1) is 13.5. The summed E-state index contributed by atoms with van der Waals surface area (Å²) in [6.45, 7) is 5.03. The molecule has 0 spiro atoms. The number of thiazole rings is 1. The summed E-state index contributed by atoms with van der Waals surface area (Å²) in [5.74, 6) is -0.0375. The standard InChI is InChI=1S/C20H23N5O2S/c1-13-10-14(2)25(20(27)22-13)12-18(26)24-9-5-6-15(24)11-21-19-23-16-7-3-4-8-17(16)28-19/h3-4,7-8,10,15H,5-6,9,11-12H2,1-2H3,(H,21,23)/t15-/m1/s1. The van der Waals surface area contributed by atoms with Gasteiger partial charge in [-0.15, -0.1) is 0 Å². The van der Waals surface area contributed by atoms with Gasteiger partial charge in [-0.25, -0.2) is 9.78 Å². The number of rotatable bonds is 5. The van der Waals surface area contributed by atoms with Gasteiger partial charge in [0.15, 0.2) is 5.13 Å². The number of amides is 1. The van der Waals surface area contributed by atoms with E-state index < -0.39 is 0 Å². The van der Waals surface area contributed by atoms with Crippen molar-refractivity contribution in [1.82, 2.24) is 19.4 Å². The van der Waals surface area contributed by atoms with E-state index in [0.29, 0.717) is 12.2 Å². The molecule has 1 N–H and O–H groups in total. The van der Waals surface area contributed by atoms with E-state index in [4.69, 9.17) is 0 Å². The second kappa shape index (κ2) is 7.71. The molecule has 0 aliphatic carbocycles. The van der Waals surface area contributed by atoms with Crippen LogP contribution in [-0.4, -0.2) is 44.5 Å². The average molecular weight is 398 g/mol. The van der Waals surface area contributed by atoms with Gasteiger partial charge in [0, 0.05) is 30.5 Å². The van der Waals surface area contributed by atoms with Gasteiger partial charge in [-0.3, -0.25) is 9.36 Å². The Kier molecular flexibility index (Phi) is 5.13. The normalized spacial score (nSPS) is 16.6. The van der Waals surface area contributed by atoms with Crippen LogP contribution in [0.15, 0.2) is 35.1 Å². The second-order valence-electron chi connectivity index (χ2n) is 7.16. The van der Waals surface area contributed by atoms with Gasteiger partial charge >= 0.3 is 5.69 Å². The first kappa shape index (κ1) is 18.6. The molecule has 146 valence electrons. The fourth-order valence-electron chi connectivity index (χ4n) is 3.72. The van der Waals surface area contributed by atoms with Crippen LogP contribution in [0, 0.1) is 13.8 Å². The number of para-hydroxylation sites is 1. The number of likely N-dealkylation sites (tertiary alicyclic amines) is 1. The van der Waals surface area contributed by atoms with E-state index in [1.54, 1.807) is 18.3 Å². The molecule has 0 saturated carbocycles. The van der Waals surface area contributed by atoms with Crippen molar-refractivity contribution in [3.8, 4) is 0 Å². The molecule has 1 saturated heterocycles. The van der Waals surface area contributed by atoms with Crippen molar-refractivity contribution in [2.75, 3.05) is 18.4 Å². The minimum Gasteiger partial charge on any atom is -0.359 e. The summed E-state index contributed by atoms with van der Waals surface area (Å²) in [5, 5.41) is 4.26. The van der Waals surface area contributed by atoms with Crippen LogP contribution in [0.2, 0.25) is 0 Å². The van der Waals surface area contributed by atoms with Gasteiger partial charge in [0.25, 0.3) is 0 Å². The predicted octanol–water partition coefficient (Wildman–Crippen LogP) is 2.57. The lowest BCUT2D eigenvalue weighted by atomic mass is 10.2. The van der Waals surface area contributed by atoms with Crippen LogP contribution in [-0.2, 0) is 11.3 Å². The molecular formula is C20H23N5O2S. The molecular weight excluding hydrogens is 374 g/mol. The second-order valence-corrected chi connectivity index (χ2v) is 8.19. The van der Waals surface area contributed by atoms with Crippen molar-refractivity contribution in [3.05, 3.63) is 52.2 Å². The zero-order valence-corrected chi connectivity index (χ0v) is 16.8. The molecule has 1 amide bonds. The van der Waals surface area contributed by atoms with Gasteiger partial charge in [0.05, 0.1) is 10.2 Å². The molecule has 1 aromatic carbocycles. The molecule has 1 fully saturated rings. The third-order valence-electron chi connectivity index (χ3n) is 5.12. The topological polar surface area (TPSA) is 80.1 Å².